The first-order chi connectivity index (χ1) is 9.53. The summed E-state index contributed by atoms with van der Waals surface area (Å²) in [5.74, 6) is -0.788. The molecule has 0 aromatic heterocycles. The number of nitrogens with two attached hydrogens (primary N) is 1. The minimum Gasteiger partial charge on any atom is -0.399 e. The van der Waals surface area contributed by atoms with Gasteiger partial charge in [-0.1, -0.05) is 0 Å². The third kappa shape index (κ3) is 5.48. The third-order valence-corrected chi connectivity index (χ3v) is 4.00. The van der Waals surface area contributed by atoms with E-state index in [9.17, 15) is 26.0 Å². The lowest BCUT2D eigenvalue weighted by molar-refractivity contribution is -0.173. The normalized spacial score (nSPS) is 12.6. The van der Waals surface area contributed by atoms with E-state index in [1.807, 2.05) is 4.72 Å². The Morgan fingerprint density at radius 1 is 1.33 bits per heavy atom. The number of nitrogen functional groups attached to an aromatic ring is 1. The average Bonchev–Trinajstić information content (AvgIpc) is 2.31. The Bertz CT molecular complexity index is 602. The summed E-state index contributed by atoms with van der Waals surface area (Å²) >= 11 is 0. The van der Waals surface area contributed by atoms with E-state index >= 15 is 0 Å². The summed E-state index contributed by atoms with van der Waals surface area (Å²) in [6.45, 7) is -1.07. The fraction of sp³-hybridized carbons (Fsp3) is 0.455. The Morgan fingerprint density at radius 2 is 1.95 bits per heavy atom. The monoisotopic (exact) mass is 330 g/mol. The van der Waals surface area contributed by atoms with E-state index in [-0.39, 0.29) is 22.7 Å². The standard InChI is InChI=1S/C11H14F4N2O3S/c1-7-9(12)4-8(16)5-10(7)21(18,19)17-2-3-20-6-11(13,14)15/h4-5,17H,2-3,6,16H2,1H3. The van der Waals surface area contributed by atoms with Crippen LogP contribution in [0.2, 0.25) is 0 Å². The largest absolute Gasteiger partial charge is 0.411 e. The molecule has 5 nitrogen and oxygen atoms in total. The van der Waals surface area contributed by atoms with Gasteiger partial charge in [-0.05, 0) is 19.1 Å². The zero-order chi connectivity index (χ0) is 16.3. The van der Waals surface area contributed by atoms with Crippen LogP contribution < -0.4 is 10.5 Å². The Hall–Kier alpha value is -1.39. The van der Waals surface area contributed by atoms with Crippen LogP contribution in [-0.4, -0.2) is 34.4 Å². The molecule has 10 heteroatoms. The zero-order valence-corrected chi connectivity index (χ0v) is 11.8. The molecular formula is C11H14F4N2O3S. The van der Waals surface area contributed by atoms with Crippen molar-refractivity contribution in [2.75, 3.05) is 25.5 Å². The lowest BCUT2D eigenvalue weighted by atomic mass is 10.2. The van der Waals surface area contributed by atoms with Gasteiger partial charge in [0.25, 0.3) is 0 Å². The van der Waals surface area contributed by atoms with Crippen molar-refractivity contribution in [1.29, 1.82) is 0 Å². The van der Waals surface area contributed by atoms with E-state index in [0.717, 1.165) is 12.1 Å². The summed E-state index contributed by atoms with van der Waals surface area (Å²) in [6.07, 6.45) is -4.48. The second-order valence-electron chi connectivity index (χ2n) is 4.19. The van der Waals surface area contributed by atoms with E-state index in [4.69, 9.17) is 5.73 Å². The van der Waals surface area contributed by atoms with Crippen molar-refractivity contribution < 1.29 is 30.7 Å². The number of anilines is 1. The Labute approximate surface area is 119 Å². The molecule has 0 radical (unpaired) electrons. The fourth-order valence-electron chi connectivity index (χ4n) is 1.47. The number of halogens is 4. The maximum atomic E-state index is 13.4. The SMILES string of the molecule is Cc1c(F)cc(N)cc1S(=O)(=O)NCCOCC(F)(F)F. The van der Waals surface area contributed by atoms with Crippen molar-refractivity contribution in [3.05, 3.63) is 23.5 Å². The molecule has 0 saturated carbocycles. The number of rotatable bonds is 6. The summed E-state index contributed by atoms with van der Waals surface area (Å²) in [5, 5.41) is 0. The lowest BCUT2D eigenvalue weighted by Crippen LogP contribution is -2.29. The smallest absolute Gasteiger partial charge is 0.399 e. The van der Waals surface area contributed by atoms with Gasteiger partial charge in [0.2, 0.25) is 10.0 Å². The molecule has 0 aliphatic carbocycles. The van der Waals surface area contributed by atoms with Crippen LogP contribution in [0.4, 0.5) is 23.2 Å². The third-order valence-electron chi connectivity index (χ3n) is 2.41. The van der Waals surface area contributed by atoms with Gasteiger partial charge in [-0.2, -0.15) is 13.2 Å². The summed E-state index contributed by atoms with van der Waals surface area (Å²) in [5.41, 5.74) is 5.16. The van der Waals surface area contributed by atoms with Gasteiger partial charge >= 0.3 is 6.18 Å². The highest BCUT2D eigenvalue weighted by atomic mass is 32.2. The van der Waals surface area contributed by atoms with Crippen LogP contribution in [0.1, 0.15) is 5.56 Å². The van der Waals surface area contributed by atoms with Crippen molar-refractivity contribution in [1.82, 2.24) is 4.72 Å². The van der Waals surface area contributed by atoms with E-state index in [2.05, 4.69) is 4.74 Å². The number of hydrogen-bond acceptors (Lipinski definition) is 4. The van der Waals surface area contributed by atoms with Gasteiger partial charge in [-0.3, -0.25) is 0 Å². The van der Waals surface area contributed by atoms with Crippen LogP contribution in [0, 0.1) is 12.7 Å². The highest BCUT2D eigenvalue weighted by Gasteiger charge is 2.27. The Balaban J connectivity index is 2.67. The van der Waals surface area contributed by atoms with Crippen molar-refractivity contribution in [2.45, 2.75) is 18.0 Å². The molecule has 0 amide bonds. The molecule has 0 aliphatic rings. The summed E-state index contributed by atoms with van der Waals surface area (Å²) in [7, 11) is -4.08. The molecule has 0 bridgehead atoms. The number of nitrogens with one attached hydrogen (secondary N) is 1. The van der Waals surface area contributed by atoms with Gasteiger partial charge in [0.15, 0.2) is 0 Å². The topological polar surface area (TPSA) is 81.4 Å². The van der Waals surface area contributed by atoms with Crippen molar-refractivity contribution in [2.24, 2.45) is 0 Å². The first kappa shape index (κ1) is 17.7. The molecule has 0 heterocycles. The number of benzene rings is 1. The van der Waals surface area contributed by atoms with Crippen LogP contribution in [0.15, 0.2) is 17.0 Å². The van der Waals surface area contributed by atoms with Crippen LogP contribution in [0.25, 0.3) is 0 Å². The van der Waals surface area contributed by atoms with Crippen LogP contribution in [-0.2, 0) is 14.8 Å². The van der Waals surface area contributed by atoms with Gasteiger partial charge in [-0.25, -0.2) is 17.5 Å². The maximum absolute atomic E-state index is 13.4. The Kier molecular flexibility index (Phi) is 5.54. The van der Waals surface area contributed by atoms with E-state index < -0.39 is 35.2 Å². The highest BCUT2D eigenvalue weighted by molar-refractivity contribution is 7.89. The molecule has 0 unspecified atom stereocenters. The van der Waals surface area contributed by atoms with Gasteiger partial charge in [0.1, 0.15) is 12.4 Å². The average molecular weight is 330 g/mol. The fourth-order valence-corrected chi connectivity index (χ4v) is 2.77. The number of ether oxygens (including phenoxy) is 1. The van der Waals surface area contributed by atoms with Crippen LogP contribution in [0.5, 0.6) is 0 Å². The molecule has 0 saturated heterocycles. The summed E-state index contributed by atoms with van der Waals surface area (Å²) in [6, 6.07) is 2.04. The molecule has 0 fully saturated rings. The van der Waals surface area contributed by atoms with Crippen LogP contribution >= 0.6 is 0 Å². The second-order valence-corrected chi connectivity index (χ2v) is 5.93. The minimum absolute atomic E-state index is 0.0770. The minimum atomic E-state index is -4.48. The van der Waals surface area contributed by atoms with Crippen molar-refractivity contribution >= 4 is 15.7 Å². The van der Waals surface area contributed by atoms with Crippen molar-refractivity contribution in [3.63, 3.8) is 0 Å². The Morgan fingerprint density at radius 3 is 2.52 bits per heavy atom. The molecule has 0 atom stereocenters. The first-order valence-electron chi connectivity index (χ1n) is 5.73. The van der Waals surface area contributed by atoms with E-state index in [1.165, 1.54) is 6.92 Å². The maximum Gasteiger partial charge on any atom is 0.411 e. The molecule has 21 heavy (non-hydrogen) atoms. The molecular weight excluding hydrogens is 316 g/mol. The summed E-state index contributed by atoms with van der Waals surface area (Å²) in [4.78, 5) is -0.365. The molecule has 120 valence electrons. The number of sulfonamides is 1. The second kappa shape index (κ2) is 6.58. The van der Waals surface area contributed by atoms with Gasteiger partial charge in [-0.15, -0.1) is 0 Å². The molecule has 1 aromatic carbocycles. The first-order valence-corrected chi connectivity index (χ1v) is 7.21. The van der Waals surface area contributed by atoms with Crippen LogP contribution in [0.3, 0.4) is 0 Å². The predicted molar refractivity (Wildman–Crippen MR) is 67.6 cm³/mol. The van der Waals surface area contributed by atoms with E-state index in [1.54, 1.807) is 0 Å². The van der Waals surface area contributed by atoms with Crippen molar-refractivity contribution in [3.8, 4) is 0 Å². The number of hydrogen-bond donors (Lipinski definition) is 2. The molecule has 0 spiro atoms. The van der Waals surface area contributed by atoms with Gasteiger partial charge < -0.3 is 10.5 Å². The number of alkyl halides is 3. The van der Waals surface area contributed by atoms with Gasteiger partial charge in [0.05, 0.1) is 11.5 Å². The zero-order valence-electron chi connectivity index (χ0n) is 11.0. The molecule has 1 rings (SSSR count). The highest BCUT2D eigenvalue weighted by Crippen LogP contribution is 2.21. The lowest BCUT2D eigenvalue weighted by Gasteiger charge is -2.11. The van der Waals surface area contributed by atoms with Gasteiger partial charge in [0, 0.05) is 17.8 Å². The predicted octanol–water partition coefficient (Wildman–Crippen LogP) is 1.57. The summed E-state index contributed by atoms with van der Waals surface area (Å²) < 4.78 is 78.9. The molecule has 3 N–H and O–H groups in total. The molecule has 0 aliphatic heterocycles. The van der Waals surface area contributed by atoms with E-state index in [0.29, 0.717) is 0 Å². The quantitative estimate of drug-likeness (QED) is 0.471. The molecule has 1 aromatic rings.